The molecular formula is C21H22ClN3O3. The maximum atomic E-state index is 12.6. The van der Waals surface area contributed by atoms with Crippen molar-refractivity contribution in [1.29, 1.82) is 0 Å². The second-order valence-electron chi connectivity index (χ2n) is 6.63. The van der Waals surface area contributed by atoms with E-state index >= 15 is 0 Å². The number of nitrogens with zero attached hydrogens (tertiary/aromatic N) is 1. The summed E-state index contributed by atoms with van der Waals surface area (Å²) in [6.45, 7) is 1.93. The first kappa shape index (κ1) is 19.9. The summed E-state index contributed by atoms with van der Waals surface area (Å²) in [5.74, 6) is -0.716. The molecule has 3 amide bonds. The highest BCUT2D eigenvalue weighted by molar-refractivity contribution is 6.30. The molecule has 28 heavy (non-hydrogen) atoms. The fourth-order valence-electron chi connectivity index (χ4n) is 3.22. The number of carbonyl (C=O) groups is 3. The van der Waals surface area contributed by atoms with Crippen LogP contribution in [0.1, 0.15) is 37.8 Å². The van der Waals surface area contributed by atoms with E-state index in [0.29, 0.717) is 22.8 Å². The van der Waals surface area contributed by atoms with Crippen LogP contribution in [0.5, 0.6) is 0 Å². The van der Waals surface area contributed by atoms with Gasteiger partial charge in [-0.05, 0) is 36.2 Å². The molecule has 1 atom stereocenters. The Morgan fingerprint density at radius 3 is 2.71 bits per heavy atom. The maximum absolute atomic E-state index is 12.6. The first-order valence-corrected chi connectivity index (χ1v) is 9.59. The lowest BCUT2D eigenvalue weighted by Crippen LogP contribution is -2.42. The van der Waals surface area contributed by atoms with Crippen LogP contribution in [0.2, 0.25) is 5.02 Å². The Morgan fingerprint density at radius 1 is 1.18 bits per heavy atom. The van der Waals surface area contributed by atoms with E-state index in [1.54, 1.807) is 30.3 Å². The maximum Gasteiger partial charge on any atom is 0.244 e. The van der Waals surface area contributed by atoms with Gasteiger partial charge in [-0.15, -0.1) is 0 Å². The molecule has 0 radical (unpaired) electrons. The molecule has 0 aliphatic carbocycles. The third-order valence-corrected chi connectivity index (χ3v) is 4.87. The Morgan fingerprint density at radius 2 is 1.96 bits per heavy atom. The molecule has 1 aliphatic heterocycles. The van der Waals surface area contributed by atoms with Crippen LogP contribution in [0.3, 0.4) is 0 Å². The van der Waals surface area contributed by atoms with Crippen molar-refractivity contribution >= 4 is 40.7 Å². The van der Waals surface area contributed by atoms with Crippen LogP contribution >= 0.6 is 11.6 Å². The summed E-state index contributed by atoms with van der Waals surface area (Å²) < 4.78 is 0. The van der Waals surface area contributed by atoms with Crippen molar-refractivity contribution in [2.45, 2.75) is 32.2 Å². The molecule has 146 valence electrons. The Labute approximate surface area is 168 Å². The number of halogens is 1. The van der Waals surface area contributed by atoms with Gasteiger partial charge in [-0.2, -0.15) is 0 Å². The lowest BCUT2D eigenvalue weighted by molar-refractivity contribution is -0.126. The fraction of sp³-hybridized carbons (Fsp3) is 0.286. The summed E-state index contributed by atoms with van der Waals surface area (Å²) >= 11 is 6.03. The van der Waals surface area contributed by atoms with Crippen molar-refractivity contribution in [3.63, 3.8) is 0 Å². The molecule has 2 aromatic rings. The van der Waals surface area contributed by atoms with Gasteiger partial charge in [0.1, 0.15) is 6.54 Å². The standard InChI is InChI=1S/C21H22ClN3O3/c1-2-16(14-6-5-7-15(22)12-14)23-19(26)10-11-21(28)25-13-20(27)24-17-8-3-4-9-18(17)25/h3-9,12,16H,2,10-11,13H2,1H3,(H,23,26)(H,24,27). The highest BCUT2D eigenvalue weighted by atomic mass is 35.5. The molecule has 0 spiro atoms. The Hall–Kier alpha value is -2.86. The molecule has 0 saturated heterocycles. The van der Waals surface area contributed by atoms with E-state index in [2.05, 4.69) is 10.6 Å². The zero-order chi connectivity index (χ0) is 20.1. The molecule has 1 heterocycles. The lowest BCUT2D eigenvalue weighted by atomic mass is 10.0. The molecule has 6 nitrogen and oxygen atoms in total. The van der Waals surface area contributed by atoms with Crippen molar-refractivity contribution in [2.75, 3.05) is 16.8 Å². The van der Waals surface area contributed by atoms with Crippen molar-refractivity contribution < 1.29 is 14.4 Å². The average Bonchev–Trinajstić information content (AvgIpc) is 2.69. The average molecular weight is 400 g/mol. The summed E-state index contributed by atoms with van der Waals surface area (Å²) in [5.41, 5.74) is 2.18. The van der Waals surface area contributed by atoms with E-state index in [9.17, 15) is 14.4 Å². The number of anilines is 2. The van der Waals surface area contributed by atoms with Gasteiger partial charge in [0.2, 0.25) is 17.7 Å². The zero-order valence-corrected chi connectivity index (χ0v) is 16.3. The van der Waals surface area contributed by atoms with E-state index in [-0.39, 0.29) is 43.1 Å². The summed E-state index contributed by atoms with van der Waals surface area (Å²) in [5, 5.41) is 6.31. The van der Waals surface area contributed by atoms with Gasteiger partial charge in [-0.25, -0.2) is 0 Å². The van der Waals surface area contributed by atoms with Crippen LogP contribution in [0.15, 0.2) is 48.5 Å². The number of carbonyl (C=O) groups excluding carboxylic acids is 3. The van der Waals surface area contributed by atoms with Gasteiger partial charge in [0, 0.05) is 17.9 Å². The number of rotatable bonds is 6. The summed E-state index contributed by atoms with van der Waals surface area (Å²) in [6, 6.07) is 14.3. The molecule has 0 bridgehead atoms. The zero-order valence-electron chi connectivity index (χ0n) is 15.6. The molecule has 1 aliphatic rings. The summed E-state index contributed by atoms with van der Waals surface area (Å²) in [6.07, 6.45) is 0.787. The normalized spacial score (nSPS) is 14.1. The molecule has 0 fully saturated rings. The van der Waals surface area contributed by atoms with Gasteiger partial charge in [-0.3, -0.25) is 14.4 Å². The molecule has 0 aromatic heterocycles. The smallest absolute Gasteiger partial charge is 0.244 e. The van der Waals surface area contributed by atoms with E-state index in [1.807, 2.05) is 25.1 Å². The monoisotopic (exact) mass is 399 g/mol. The van der Waals surface area contributed by atoms with Crippen LogP contribution in [0.25, 0.3) is 0 Å². The van der Waals surface area contributed by atoms with Gasteiger partial charge < -0.3 is 15.5 Å². The van der Waals surface area contributed by atoms with E-state index in [1.165, 1.54) is 4.90 Å². The van der Waals surface area contributed by atoms with Crippen molar-refractivity contribution in [3.05, 3.63) is 59.1 Å². The van der Waals surface area contributed by atoms with E-state index in [4.69, 9.17) is 11.6 Å². The summed E-state index contributed by atoms with van der Waals surface area (Å²) in [7, 11) is 0. The van der Waals surface area contributed by atoms with E-state index < -0.39 is 0 Å². The number of hydrogen-bond acceptors (Lipinski definition) is 3. The number of hydrogen-bond donors (Lipinski definition) is 2. The Bertz CT molecular complexity index is 900. The fourth-order valence-corrected chi connectivity index (χ4v) is 3.42. The topological polar surface area (TPSA) is 78.5 Å². The molecule has 0 saturated carbocycles. The SMILES string of the molecule is CCC(NC(=O)CCC(=O)N1CC(=O)Nc2ccccc21)c1cccc(Cl)c1. The molecule has 2 N–H and O–H groups in total. The van der Waals surface area contributed by atoms with Gasteiger partial charge in [0.15, 0.2) is 0 Å². The highest BCUT2D eigenvalue weighted by Crippen LogP contribution is 2.29. The minimum atomic E-state index is -0.256. The van der Waals surface area contributed by atoms with Crippen LogP contribution in [-0.2, 0) is 14.4 Å². The van der Waals surface area contributed by atoms with E-state index in [0.717, 1.165) is 5.56 Å². The molecular weight excluding hydrogens is 378 g/mol. The number of fused-ring (bicyclic) bond motifs is 1. The third kappa shape index (κ3) is 4.70. The molecule has 7 heteroatoms. The third-order valence-electron chi connectivity index (χ3n) is 4.63. The minimum Gasteiger partial charge on any atom is -0.349 e. The Kier molecular flexibility index (Phi) is 6.31. The van der Waals surface area contributed by atoms with Crippen LogP contribution in [0.4, 0.5) is 11.4 Å². The largest absolute Gasteiger partial charge is 0.349 e. The first-order valence-electron chi connectivity index (χ1n) is 9.22. The predicted octanol–water partition coefficient (Wildman–Crippen LogP) is 3.67. The van der Waals surface area contributed by atoms with Crippen molar-refractivity contribution in [1.82, 2.24) is 5.32 Å². The van der Waals surface area contributed by atoms with Crippen LogP contribution in [0, 0.1) is 0 Å². The predicted molar refractivity (Wildman–Crippen MR) is 109 cm³/mol. The summed E-state index contributed by atoms with van der Waals surface area (Å²) in [4.78, 5) is 38.3. The van der Waals surface area contributed by atoms with Crippen molar-refractivity contribution in [3.8, 4) is 0 Å². The highest BCUT2D eigenvalue weighted by Gasteiger charge is 2.26. The lowest BCUT2D eigenvalue weighted by Gasteiger charge is -2.29. The van der Waals surface area contributed by atoms with Gasteiger partial charge in [-0.1, -0.05) is 42.8 Å². The quantitative estimate of drug-likeness (QED) is 0.777. The molecule has 3 rings (SSSR count). The number of para-hydroxylation sites is 2. The second kappa shape index (κ2) is 8.89. The minimum absolute atomic E-state index is 0.0272. The molecule has 2 aromatic carbocycles. The first-order chi connectivity index (χ1) is 13.5. The second-order valence-corrected chi connectivity index (χ2v) is 7.06. The van der Waals surface area contributed by atoms with Gasteiger partial charge >= 0.3 is 0 Å². The molecule has 1 unspecified atom stereocenters. The van der Waals surface area contributed by atoms with Crippen molar-refractivity contribution in [2.24, 2.45) is 0 Å². The number of amides is 3. The number of benzene rings is 2. The van der Waals surface area contributed by atoms with Gasteiger partial charge in [0.05, 0.1) is 17.4 Å². The van der Waals surface area contributed by atoms with Gasteiger partial charge in [0.25, 0.3) is 0 Å². The van der Waals surface area contributed by atoms with Crippen LogP contribution in [-0.4, -0.2) is 24.3 Å². The van der Waals surface area contributed by atoms with Crippen LogP contribution < -0.4 is 15.5 Å². The number of nitrogens with one attached hydrogen (secondary N) is 2. The Balaban J connectivity index is 1.60.